The molecule has 0 fully saturated rings. The van der Waals surface area contributed by atoms with Crippen molar-refractivity contribution >= 4 is 0 Å². The van der Waals surface area contributed by atoms with Gasteiger partial charge in [-0.15, -0.1) is 5.10 Å². The molecule has 0 saturated carbocycles. The molecule has 0 spiro atoms. The van der Waals surface area contributed by atoms with Gasteiger partial charge < -0.3 is 10.5 Å². The molecule has 2 N–H and O–H groups in total. The van der Waals surface area contributed by atoms with Crippen molar-refractivity contribution in [3.05, 3.63) is 71.5 Å². The maximum Gasteiger partial charge on any atom is 0.119 e. The minimum atomic E-state index is 0.389. The molecule has 0 saturated heterocycles. The molecular weight excluding hydrogens is 288 g/mol. The van der Waals surface area contributed by atoms with E-state index in [0.717, 1.165) is 35.7 Å². The third-order valence-electron chi connectivity index (χ3n) is 3.85. The monoisotopic (exact) mass is 308 g/mol. The average Bonchev–Trinajstić information content (AvgIpc) is 3.04. The van der Waals surface area contributed by atoms with E-state index in [9.17, 15) is 0 Å². The van der Waals surface area contributed by atoms with E-state index in [-0.39, 0.29) is 0 Å². The predicted octanol–water partition coefficient (Wildman–Crippen LogP) is 2.52. The van der Waals surface area contributed by atoms with Crippen molar-refractivity contribution in [2.75, 3.05) is 7.11 Å². The second-order valence-corrected chi connectivity index (χ2v) is 5.28. The van der Waals surface area contributed by atoms with Crippen molar-refractivity contribution in [1.82, 2.24) is 15.0 Å². The minimum Gasteiger partial charge on any atom is -0.497 e. The minimum absolute atomic E-state index is 0.389. The highest BCUT2D eigenvalue weighted by Crippen LogP contribution is 2.18. The molecule has 5 nitrogen and oxygen atoms in total. The van der Waals surface area contributed by atoms with Gasteiger partial charge in [-0.3, -0.25) is 0 Å². The Morgan fingerprint density at radius 2 is 1.74 bits per heavy atom. The molecule has 0 aliphatic heterocycles. The first-order chi connectivity index (χ1) is 11.3. The van der Waals surface area contributed by atoms with E-state index in [4.69, 9.17) is 10.5 Å². The molecule has 5 heteroatoms. The van der Waals surface area contributed by atoms with Crippen LogP contribution in [0.4, 0.5) is 0 Å². The standard InChI is InChI=1S/C18H20N4O/c1-23-16-10-8-15(9-11-16)22-18(17(13-19)20-21-22)12-7-14-5-3-2-4-6-14/h2-6,8-11H,7,12-13,19H2,1H3. The molecule has 0 bridgehead atoms. The van der Waals surface area contributed by atoms with Crippen molar-refractivity contribution in [1.29, 1.82) is 0 Å². The van der Waals surface area contributed by atoms with Gasteiger partial charge >= 0.3 is 0 Å². The fourth-order valence-electron chi connectivity index (χ4n) is 2.58. The molecule has 0 amide bonds. The van der Waals surface area contributed by atoms with Crippen molar-refractivity contribution < 1.29 is 4.74 Å². The van der Waals surface area contributed by atoms with Crippen LogP contribution in [0.3, 0.4) is 0 Å². The highest BCUT2D eigenvalue weighted by atomic mass is 16.5. The first kappa shape index (κ1) is 15.2. The first-order valence-corrected chi connectivity index (χ1v) is 7.63. The van der Waals surface area contributed by atoms with Crippen LogP contribution < -0.4 is 10.5 Å². The van der Waals surface area contributed by atoms with E-state index < -0.39 is 0 Å². The van der Waals surface area contributed by atoms with E-state index in [2.05, 4.69) is 34.6 Å². The highest BCUT2D eigenvalue weighted by Gasteiger charge is 2.13. The Hall–Kier alpha value is -2.66. The van der Waals surface area contributed by atoms with E-state index >= 15 is 0 Å². The lowest BCUT2D eigenvalue weighted by atomic mass is 10.1. The fourth-order valence-corrected chi connectivity index (χ4v) is 2.58. The highest BCUT2D eigenvalue weighted by molar-refractivity contribution is 5.38. The van der Waals surface area contributed by atoms with Crippen LogP contribution >= 0.6 is 0 Å². The number of hydrogen-bond acceptors (Lipinski definition) is 4. The number of benzene rings is 2. The maximum absolute atomic E-state index is 5.82. The lowest BCUT2D eigenvalue weighted by molar-refractivity contribution is 0.414. The number of nitrogens with two attached hydrogens (primary N) is 1. The van der Waals surface area contributed by atoms with Gasteiger partial charge in [-0.1, -0.05) is 35.5 Å². The van der Waals surface area contributed by atoms with Crippen LogP contribution in [0.5, 0.6) is 5.75 Å². The number of ether oxygens (including phenoxy) is 1. The van der Waals surface area contributed by atoms with Crippen LogP contribution in [0.15, 0.2) is 54.6 Å². The van der Waals surface area contributed by atoms with Crippen LogP contribution in [-0.4, -0.2) is 22.1 Å². The first-order valence-electron chi connectivity index (χ1n) is 7.63. The topological polar surface area (TPSA) is 66.0 Å². The Bertz CT molecular complexity index is 750. The Morgan fingerprint density at radius 3 is 2.39 bits per heavy atom. The summed E-state index contributed by atoms with van der Waals surface area (Å²) < 4.78 is 7.07. The summed E-state index contributed by atoms with van der Waals surface area (Å²) in [5, 5.41) is 8.49. The molecule has 0 aliphatic rings. The molecule has 3 rings (SSSR count). The fraction of sp³-hybridized carbons (Fsp3) is 0.222. The summed E-state index contributed by atoms with van der Waals surface area (Å²) >= 11 is 0. The third-order valence-corrected chi connectivity index (χ3v) is 3.85. The van der Waals surface area contributed by atoms with Gasteiger partial charge in [0.2, 0.25) is 0 Å². The van der Waals surface area contributed by atoms with Crippen molar-refractivity contribution in [3.63, 3.8) is 0 Å². The van der Waals surface area contributed by atoms with Crippen molar-refractivity contribution in [3.8, 4) is 11.4 Å². The Balaban J connectivity index is 1.87. The summed E-state index contributed by atoms with van der Waals surface area (Å²) in [6.45, 7) is 0.389. The second kappa shape index (κ2) is 7.07. The molecular formula is C18H20N4O. The number of aryl methyl sites for hydroxylation is 1. The summed E-state index contributed by atoms with van der Waals surface area (Å²) in [4.78, 5) is 0. The van der Waals surface area contributed by atoms with Gasteiger partial charge in [-0.2, -0.15) is 0 Å². The van der Waals surface area contributed by atoms with Gasteiger partial charge in [0.05, 0.1) is 24.2 Å². The molecule has 118 valence electrons. The van der Waals surface area contributed by atoms with Crippen LogP contribution in [0.1, 0.15) is 17.0 Å². The summed E-state index contributed by atoms with van der Waals surface area (Å²) in [5.41, 5.74) is 9.97. The molecule has 2 aromatic carbocycles. The van der Waals surface area contributed by atoms with Crippen LogP contribution in [0.25, 0.3) is 5.69 Å². The molecule has 1 heterocycles. The van der Waals surface area contributed by atoms with Crippen molar-refractivity contribution in [2.45, 2.75) is 19.4 Å². The van der Waals surface area contributed by atoms with Gasteiger partial charge in [0.15, 0.2) is 0 Å². The number of rotatable bonds is 6. The third kappa shape index (κ3) is 3.40. The summed E-state index contributed by atoms with van der Waals surface area (Å²) in [6, 6.07) is 18.2. The van der Waals surface area contributed by atoms with E-state index in [1.807, 2.05) is 35.0 Å². The molecule has 3 aromatic rings. The summed E-state index contributed by atoms with van der Waals surface area (Å²) in [6.07, 6.45) is 1.77. The molecule has 1 aromatic heterocycles. The number of methoxy groups -OCH3 is 1. The van der Waals surface area contributed by atoms with Crippen LogP contribution in [0.2, 0.25) is 0 Å². The Labute approximate surface area is 135 Å². The molecule has 0 aliphatic carbocycles. The maximum atomic E-state index is 5.82. The van der Waals surface area contributed by atoms with E-state index in [0.29, 0.717) is 6.54 Å². The van der Waals surface area contributed by atoms with Gasteiger partial charge in [-0.05, 0) is 42.7 Å². The zero-order chi connectivity index (χ0) is 16.1. The SMILES string of the molecule is COc1ccc(-n2nnc(CN)c2CCc2ccccc2)cc1. The lowest BCUT2D eigenvalue weighted by Gasteiger charge is -2.09. The van der Waals surface area contributed by atoms with Gasteiger partial charge in [0, 0.05) is 6.54 Å². The Kier molecular flexibility index (Phi) is 4.68. The van der Waals surface area contributed by atoms with E-state index in [1.165, 1.54) is 5.56 Å². The molecule has 0 radical (unpaired) electrons. The average molecular weight is 308 g/mol. The zero-order valence-electron chi connectivity index (χ0n) is 13.1. The summed E-state index contributed by atoms with van der Waals surface area (Å²) in [7, 11) is 1.66. The normalized spacial score (nSPS) is 10.7. The molecule has 0 atom stereocenters. The largest absolute Gasteiger partial charge is 0.497 e. The predicted molar refractivity (Wildman–Crippen MR) is 89.7 cm³/mol. The molecule has 23 heavy (non-hydrogen) atoms. The smallest absolute Gasteiger partial charge is 0.119 e. The van der Waals surface area contributed by atoms with Crippen molar-refractivity contribution in [2.24, 2.45) is 5.73 Å². The van der Waals surface area contributed by atoms with Crippen LogP contribution in [-0.2, 0) is 19.4 Å². The summed E-state index contributed by atoms with van der Waals surface area (Å²) in [5.74, 6) is 0.818. The number of hydrogen-bond donors (Lipinski definition) is 1. The Morgan fingerprint density at radius 1 is 1.00 bits per heavy atom. The van der Waals surface area contributed by atoms with Gasteiger partial charge in [0.25, 0.3) is 0 Å². The van der Waals surface area contributed by atoms with Crippen LogP contribution in [0, 0.1) is 0 Å². The van der Waals surface area contributed by atoms with Gasteiger partial charge in [-0.25, -0.2) is 4.68 Å². The zero-order valence-corrected chi connectivity index (χ0v) is 13.1. The lowest BCUT2D eigenvalue weighted by Crippen LogP contribution is -2.07. The number of aromatic nitrogens is 3. The molecule has 0 unspecified atom stereocenters. The van der Waals surface area contributed by atoms with Gasteiger partial charge in [0.1, 0.15) is 5.75 Å². The van der Waals surface area contributed by atoms with E-state index in [1.54, 1.807) is 7.11 Å². The second-order valence-electron chi connectivity index (χ2n) is 5.28. The quantitative estimate of drug-likeness (QED) is 0.760. The number of nitrogens with zero attached hydrogens (tertiary/aromatic N) is 3.